The van der Waals surface area contributed by atoms with E-state index in [-0.39, 0.29) is 24.1 Å². The van der Waals surface area contributed by atoms with Gasteiger partial charge < -0.3 is 14.5 Å². The molecule has 0 spiro atoms. The monoisotopic (exact) mass is 377 g/mol. The van der Waals surface area contributed by atoms with Crippen LogP contribution in [0.1, 0.15) is 99.5 Å². The van der Waals surface area contributed by atoms with Crippen LogP contribution < -0.4 is 0 Å². The first-order valence-corrected chi connectivity index (χ1v) is 10.5. The van der Waals surface area contributed by atoms with Crippen molar-refractivity contribution in [2.45, 2.75) is 83.0 Å². The first kappa shape index (κ1) is 19.8. The van der Waals surface area contributed by atoms with E-state index in [1.807, 2.05) is 0 Å². The highest BCUT2D eigenvalue weighted by atomic mass is 16.5. The van der Waals surface area contributed by atoms with Crippen molar-refractivity contribution < 1.29 is 19.2 Å². The Kier molecular flexibility index (Phi) is 7.24. The number of carbonyl (C=O) groups is 2. The summed E-state index contributed by atoms with van der Waals surface area (Å²) in [5.74, 6) is -0.277. The summed E-state index contributed by atoms with van der Waals surface area (Å²) >= 11 is 0. The highest BCUT2D eigenvalue weighted by molar-refractivity contribution is 5.90. The number of piperidine rings is 1. The van der Waals surface area contributed by atoms with Crippen LogP contribution in [0, 0.1) is 5.92 Å². The summed E-state index contributed by atoms with van der Waals surface area (Å²) in [5, 5.41) is 13.1. The molecular formula is C20H31N3O4. The standard InChI is InChI=1S/C20H31N3O4/c24-17(25)14-16(11-7-10-15-8-3-1-4-9-15)19-21-18(22-27-19)20(26)23-12-5-2-6-13-23/h15-16H,1-14H2,(H,24,25)/t16-/m1/s1. The molecule has 0 aromatic carbocycles. The molecule has 0 bridgehead atoms. The second-order valence-corrected chi connectivity index (χ2v) is 8.04. The van der Waals surface area contributed by atoms with Gasteiger partial charge in [0.05, 0.1) is 6.42 Å². The third-order valence-corrected chi connectivity index (χ3v) is 5.94. The van der Waals surface area contributed by atoms with Crippen molar-refractivity contribution >= 4 is 11.9 Å². The fraction of sp³-hybridized carbons (Fsp3) is 0.800. The van der Waals surface area contributed by atoms with Crippen molar-refractivity contribution in [2.24, 2.45) is 5.92 Å². The normalized spacial score (nSPS) is 19.8. The first-order valence-electron chi connectivity index (χ1n) is 10.5. The maximum absolute atomic E-state index is 12.5. The van der Waals surface area contributed by atoms with Crippen molar-refractivity contribution in [3.63, 3.8) is 0 Å². The number of rotatable bonds is 8. The van der Waals surface area contributed by atoms with Gasteiger partial charge in [0.25, 0.3) is 11.7 Å². The van der Waals surface area contributed by atoms with Gasteiger partial charge in [-0.25, -0.2) is 0 Å². The lowest BCUT2D eigenvalue weighted by molar-refractivity contribution is -0.137. The van der Waals surface area contributed by atoms with Gasteiger partial charge in [-0.05, 0) is 31.6 Å². The number of likely N-dealkylation sites (tertiary alicyclic amines) is 1. The lowest BCUT2D eigenvalue weighted by Gasteiger charge is -2.25. The minimum atomic E-state index is -0.875. The Hall–Kier alpha value is -1.92. The Labute approximate surface area is 160 Å². The zero-order valence-electron chi connectivity index (χ0n) is 16.1. The second-order valence-electron chi connectivity index (χ2n) is 8.04. The molecule has 1 atom stereocenters. The average molecular weight is 377 g/mol. The molecule has 7 heteroatoms. The van der Waals surface area contributed by atoms with Crippen LogP contribution in [-0.4, -0.2) is 45.1 Å². The van der Waals surface area contributed by atoms with E-state index in [2.05, 4.69) is 10.1 Å². The molecular weight excluding hydrogens is 346 g/mol. The van der Waals surface area contributed by atoms with Crippen molar-refractivity contribution in [2.75, 3.05) is 13.1 Å². The van der Waals surface area contributed by atoms with Crippen molar-refractivity contribution in [1.82, 2.24) is 15.0 Å². The van der Waals surface area contributed by atoms with E-state index in [9.17, 15) is 14.7 Å². The summed E-state index contributed by atoms with van der Waals surface area (Å²) < 4.78 is 5.31. The van der Waals surface area contributed by atoms with Crippen molar-refractivity contribution in [3.05, 3.63) is 11.7 Å². The lowest BCUT2D eigenvalue weighted by atomic mass is 9.84. The van der Waals surface area contributed by atoms with Crippen LogP contribution in [0.25, 0.3) is 0 Å². The predicted molar refractivity (Wildman–Crippen MR) is 99.5 cm³/mol. The van der Waals surface area contributed by atoms with E-state index in [4.69, 9.17) is 4.52 Å². The van der Waals surface area contributed by atoms with Gasteiger partial charge in [-0.2, -0.15) is 4.98 Å². The molecule has 1 aliphatic heterocycles. The molecule has 1 aromatic rings. The van der Waals surface area contributed by atoms with Gasteiger partial charge in [0, 0.05) is 19.0 Å². The van der Waals surface area contributed by atoms with Crippen LogP contribution in [0.5, 0.6) is 0 Å². The molecule has 1 aromatic heterocycles. The Morgan fingerprint density at radius 3 is 2.52 bits per heavy atom. The molecule has 2 heterocycles. The van der Waals surface area contributed by atoms with Crippen LogP contribution in [0.4, 0.5) is 0 Å². The number of amides is 1. The molecule has 1 N–H and O–H groups in total. The van der Waals surface area contributed by atoms with Crippen LogP contribution in [-0.2, 0) is 4.79 Å². The van der Waals surface area contributed by atoms with Gasteiger partial charge in [0.15, 0.2) is 0 Å². The number of aliphatic carboxylic acids is 1. The largest absolute Gasteiger partial charge is 0.481 e. The Bertz CT molecular complexity index is 618. The molecule has 1 saturated carbocycles. The van der Waals surface area contributed by atoms with E-state index in [1.165, 1.54) is 32.1 Å². The van der Waals surface area contributed by atoms with Crippen LogP contribution in [0.15, 0.2) is 4.52 Å². The SMILES string of the molecule is O=C(O)C[C@@H](CCCC1CCCCC1)c1nc(C(=O)N2CCCCC2)no1. The highest BCUT2D eigenvalue weighted by Crippen LogP contribution is 2.31. The number of aromatic nitrogens is 2. The third-order valence-electron chi connectivity index (χ3n) is 5.94. The Balaban J connectivity index is 1.57. The fourth-order valence-corrected chi connectivity index (χ4v) is 4.38. The minimum absolute atomic E-state index is 0.0375. The molecule has 150 valence electrons. The van der Waals surface area contributed by atoms with Gasteiger partial charge in [0.2, 0.25) is 5.89 Å². The molecule has 1 aliphatic carbocycles. The lowest BCUT2D eigenvalue weighted by Crippen LogP contribution is -2.36. The molecule has 2 aliphatic rings. The highest BCUT2D eigenvalue weighted by Gasteiger charge is 2.27. The molecule has 2 fully saturated rings. The van der Waals surface area contributed by atoms with E-state index in [0.717, 1.165) is 51.1 Å². The molecule has 1 saturated heterocycles. The number of carboxylic acids is 1. The summed E-state index contributed by atoms with van der Waals surface area (Å²) in [6, 6.07) is 0. The molecule has 7 nitrogen and oxygen atoms in total. The topological polar surface area (TPSA) is 96.5 Å². The molecule has 27 heavy (non-hydrogen) atoms. The molecule has 3 rings (SSSR count). The average Bonchev–Trinajstić information content (AvgIpc) is 3.18. The number of carboxylic acid groups (broad SMARTS) is 1. The summed E-state index contributed by atoms with van der Waals surface area (Å²) in [6.45, 7) is 1.45. The molecule has 0 unspecified atom stereocenters. The van der Waals surface area contributed by atoms with Gasteiger partial charge in [-0.15, -0.1) is 0 Å². The van der Waals surface area contributed by atoms with Gasteiger partial charge in [-0.1, -0.05) is 50.1 Å². The van der Waals surface area contributed by atoms with Crippen LogP contribution in [0.3, 0.4) is 0 Å². The summed E-state index contributed by atoms with van der Waals surface area (Å²) in [7, 11) is 0. The first-order chi connectivity index (χ1) is 13.1. The minimum Gasteiger partial charge on any atom is -0.481 e. The van der Waals surface area contributed by atoms with Gasteiger partial charge >= 0.3 is 5.97 Å². The molecule has 0 radical (unpaired) electrons. The van der Waals surface area contributed by atoms with Crippen LogP contribution >= 0.6 is 0 Å². The third kappa shape index (κ3) is 5.78. The quantitative estimate of drug-likeness (QED) is 0.735. The maximum atomic E-state index is 12.5. The van der Waals surface area contributed by atoms with E-state index < -0.39 is 5.97 Å². The zero-order chi connectivity index (χ0) is 19.1. The van der Waals surface area contributed by atoms with Crippen molar-refractivity contribution in [3.8, 4) is 0 Å². The van der Waals surface area contributed by atoms with Crippen LogP contribution in [0.2, 0.25) is 0 Å². The number of hydrogen-bond acceptors (Lipinski definition) is 5. The zero-order valence-corrected chi connectivity index (χ0v) is 16.1. The Morgan fingerprint density at radius 2 is 1.81 bits per heavy atom. The van der Waals surface area contributed by atoms with Gasteiger partial charge in [0.1, 0.15) is 0 Å². The van der Waals surface area contributed by atoms with Crippen molar-refractivity contribution in [1.29, 1.82) is 0 Å². The fourth-order valence-electron chi connectivity index (χ4n) is 4.38. The number of carbonyl (C=O) groups excluding carboxylic acids is 1. The number of nitrogens with zero attached hydrogens (tertiary/aromatic N) is 3. The smallest absolute Gasteiger partial charge is 0.304 e. The van der Waals surface area contributed by atoms with E-state index in [0.29, 0.717) is 12.3 Å². The second kappa shape index (κ2) is 9.85. The van der Waals surface area contributed by atoms with Gasteiger partial charge in [-0.3, -0.25) is 9.59 Å². The summed E-state index contributed by atoms with van der Waals surface area (Å²) in [6.07, 6.45) is 12.5. The maximum Gasteiger partial charge on any atom is 0.304 e. The number of hydrogen-bond donors (Lipinski definition) is 1. The Morgan fingerprint density at radius 1 is 1.11 bits per heavy atom. The van der Waals surface area contributed by atoms with E-state index >= 15 is 0 Å². The molecule has 1 amide bonds. The summed E-state index contributed by atoms with van der Waals surface area (Å²) in [4.78, 5) is 29.8. The summed E-state index contributed by atoms with van der Waals surface area (Å²) in [5.41, 5.74) is 0. The van der Waals surface area contributed by atoms with E-state index in [1.54, 1.807) is 4.90 Å². The predicted octanol–water partition coefficient (Wildman–Crippen LogP) is 4.00.